The summed E-state index contributed by atoms with van der Waals surface area (Å²) in [5.41, 5.74) is 0. The first-order valence-electron chi connectivity index (χ1n) is 3.18. The van der Waals surface area contributed by atoms with Crippen LogP contribution in [0.5, 0.6) is 0 Å². The highest BCUT2D eigenvalue weighted by Gasteiger charge is 1.76. The highest BCUT2D eigenvalue weighted by atomic mass is 16.1. The molecule has 0 bridgehead atoms. The number of carbonyl (C=O) groups excluding carboxylic acids is 1. The van der Waals surface area contributed by atoms with Gasteiger partial charge in [0.15, 0.2) is 0 Å². The Balaban J connectivity index is -0.0000000326. The second-order valence-electron chi connectivity index (χ2n) is 1.76. The van der Waals surface area contributed by atoms with Crippen molar-refractivity contribution in [3.63, 3.8) is 0 Å². The van der Waals surface area contributed by atoms with Crippen molar-refractivity contribution >= 4 is 5.78 Å². The maximum atomic E-state index is 9.81. The lowest BCUT2D eigenvalue weighted by Gasteiger charge is -1.71. The van der Waals surface area contributed by atoms with Gasteiger partial charge in [-0.2, -0.15) is 0 Å². The molecule has 0 spiro atoms. The van der Waals surface area contributed by atoms with Gasteiger partial charge in [0, 0.05) is 6.42 Å². The first-order chi connectivity index (χ1) is 3.68. The fourth-order valence-corrected chi connectivity index (χ4v) is 0. The smallest absolute Gasteiger partial charge is 0.129 e. The number of Topliss-reactive ketones (excluding diaryl/α,β-unsaturated/α-hetero) is 1. The van der Waals surface area contributed by atoms with Gasteiger partial charge in [-0.3, -0.25) is 0 Å². The summed E-state index contributed by atoms with van der Waals surface area (Å²) in [5, 5.41) is 0. The normalized spacial score (nSPS) is 5.60. The highest BCUT2D eigenvalue weighted by Crippen LogP contribution is 1.71. The van der Waals surface area contributed by atoms with Crippen molar-refractivity contribution in [2.24, 2.45) is 0 Å². The minimum absolute atomic E-state index is 0. The molecule has 10 heavy (non-hydrogen) atoms. The van der Waals surface area contributed by atoms with Crippen LogP contribution in [0.2, 0.25) is 0 Å². The number of hydrogen-bond donors (Lipinski definition) is 0. The molecule has 0 aromatic heterocycles. The molecule has 66 valence electrons. The molecule has 0 unspecified atom stereocenters. The third-order valence-electron chi connectivity index (χ3n) is 0.498. The predicted molar refractivity (Wildman–Crippen MR) is 50.4 cm³/mol. The molecular weight excluding hydrogens is 124 g/mol. The average Bonchev–Trinajstić information content (AvgIpc) is 1.69. The molecule has 0 aromatic carbocycles. The molecule has 1 heteroatoms. The third-order valence-corrected chi connectivity index (χ3v) is 0.498. The SMILES string of the molecule is C.C.CCC.CCC(C)=O. The Morgan fingerprint density at radius 1 is 1.10 bits per heavy atom. The van der Waals surface area contributed by atoms with Gasteiger partial charge in [0.25, 0.3) is 0 Å². The topological polar surface area (TPSA) is 17.1 Å². The maximum absolute atomic E-state index is 9.81. The van der Waals surface area contributed by atoms with Crippen molar-refractivity contribution in [3.8, 4) is 0 Å². The van der Waals surface area contributed by atoms with Gasteiger partial charge < -0.3 is 4.79 Å². The second-order valence-corrected chi connectivity index (χ2v) is 1.76. The first-order valence-corrected chi connectivity index (χ1v) is 3.18. The summed E-state index contributed by atoms with van der Waals surface area (Å²) in [6.07, 6.45) is 1.92. The Morgan fingerprint density at radius 2 is 1.20 bits per heavy atom. The van der Waals surface area contributed by atoms with Crippen LogP contribution in [0.3, 0.4) is 0 Å². The number of rotatable bonds is 1. The molecule has 0 aliphatic carbocycles. The number of hydrogen-bond acceptors (Lipinski definition) is 1. The zero-order valence-corrected chi connectivity index (χ0v) is 6.32. The third kappa shape index (κ3) is 122. The second kappa shape index (κ2) is 23.4. The van der Waals surface area contributed by atoms with Crippen LogP contribution in [0.1, 0.15) is 55.4 Å². The summed E-state index contributed by atoms with van der Waals surface area (Å²) in [7, 11) is 0. The Morgan fingerprint density at radius 3 is 1.20 bits per heavy atom. The van der Waals surface area contributed by atoms with Crippen molar-refractivity contribution < 1.29 is 4.79 Å². The summed E-state index contributed by atoms with van der Waals surface area (Å²) in [6.45, 7) is 7.68. The Labute approximate surface area is 66.8 Å². The van der Waals surface area contributed by atoms with Crippen molar-refractivity contribution in [3.05, 3.63) is 0 Å². The van der Waals surface area contributed by atoms with Crippen molar-refractivity contribution in [1.82, 2.24) is 0 Å². The molecule has 0 saturated heterocycles. The van der Waals surface area contributed by atoms with E-state index in [1.165, 1.54) is 6.42 Å². The fourth-order valence-electron chi connectivity index (χ4n) is 0. The quantitative estimate of drug-likeness (QED) is 0.554. The fraction of sp³-hybridized carbons (Fsp3) is 0.889. The summed E-state index contributed by atoms with van der Waals surface area (Å²) in [5.74, 6) is 0.255. The van der Waals surface area contributed by atoms with Crippen LogP contribution in [0, 0.1) is 0 Å². The number of ketones is 1. The Bertz CT molecular complexity index is 48.7. The van der Waals surface area contributed by atoms with Crippen molar-refractivity contribution in [2.45, 2.75) is 55.4 Å². The molecule has 0 N–H and O–H groups in total. The van der Waals surface area contributed by atoms with E-state index in [2.05, 4.69) is 13.8 Å². The van der Waals surface area contributed by atoms with Gasteiger partial charge in [-0.25, -0.2) is 0 Å². The molecule has 0 amide bonds. The van der Waals surface area contributed by atoms with Crippen LogP contribution >= 0.6 is 0 Å². The van der Waals surface area contributed by atoms with Crippen LogP contribution in [0.25, 0.3) is 0 Å². The summed E-state index contributed by atoms with van der Waals surface area (Å²) in [6, 6.07) is 0. The molecule has 0 atom stereocenters. The standard InChI is InChI=1S/C4H8O.C3H8.2CH4/c1-3-4(2)5;1-3-2;;/h3H2,1-2H3;3H2,1-2H3;2*1H4. The molecule has 0 aliphatic heterocycles. The van der Waals surface area contributed by atoms with Crippen LogP contribution in [-0.4, -0.2) is 5.78 Å². The van der Waals surface area contributed by atoms with Crippen molar-refractivity contribution in [2.75, 3.05) is 0 Å². The lowest BCUT2D eigenvalue weighted by molar-refractivity contribution is -0.116. The minimum atomic E-state index is 0. The van der Waals surface area contributed by atoms with E-state index < -0.39 is 0 Å². The predicted octanol–water partition coefficient (Wildman–Crippen LogP) is 3.67. The molecule has 0 saturated carbocycles. The molecule has 0 radical (unpaired) electrons. The molecule has 0 aliphatic rings. The van der Waals surface area contributed by atoms with Crippen LogP contribution in [-0.2, 0) is 4.79 Å². The van der Waals surface area contributed by atoms with Crippen LogP contribution < -0.4 is 0 Å². The van der Waals surface area contributed by atoms with Gasteiger partial charge in [-0.05, 0) is 6.92 Å². The Hall–Kier alpha value is -0.330. The van der Waals surface area contributed by atoms with E-state index in [0.29, 0.717) is 6.42 Å². The van der Waals surface area contributed by atoms with E-state index in [-0.39, 0.29) is 20.6 Å². The van der Waals surface area contributed by atoms with Gasteiger partial charge >= 0.3 is 0 Å². The average molecular weight is 148 g/mol. The van der Waals surface area contributed by atoms with Crippen molar-refractivity contribution in [1.29, 1.82) is 0 Å². The van der Waals surface area contributed by atoms with Gasteiger partial charge in [0.2, 0.25) is 0 Å². The summed E-state index contributed by atoms with van der Waals surface area (Å²) in [4.78, 5) is 9.81. The molecular formula is C9H24O. The van der Waals surface area contributed by atoms with E-state index in [1.807, 2.05) is 6.92 Å². The van der Waals surface area contributed by atoms with Gasteiger partial charge in [-0.1, -0.05) is 42.0 Å². The van der Waals surface area contributed by atoms with E-state index in [1.54, 1.807) is 6.92 Å². The monoisotopic (exact) mass is 148 g/mol. The summed E-state index contributed by atoms with van der Waals surface area (Å²) < 4.78 is 0. The summed E-state index contributed by atoms with van der Waals surface area (Å²) >= 11 is 0. The molecule has 0 fully saturated rings. The zero-order valence-electron chi connectivity index (χ0n) is 6.32. The molecule has 0 rings (SSSR count). The largest absolute Gasteiger partial charge is 0.300 e. The molecule has 0 heterocycles. The van der Waals surface area contributed by atoms with E-state index in [0.717, 1.165) is 0 Å². The highest BCUT2D eigenvalue weighted by molar-refractivity contribution is 5.74. The Kier molecular flexibility index (Phi) is 52.9. The number of carbonyl (C=O) groups is 1. The zero-order chi connectivity index (χ0) is 6.99. The molecule has 1 nitrogen and oxygen atoms in total. The minimum Gasteiger partial charge on any atom is -0.300 e. The maximum Gasteiger partial charge on any atom is 0.129 e. The lowest BCUT2D eigenvalue weighted by Crippen LogP contribution is -1.80. The van der Waals surface area contributed by atoms with E-state index in [4.69, 9.17) is 0 Å². The first kappa shape index (κ1) is 22.6. The van der Waals surface area contributed by atoms with Crippen LogP contribution in [0.15, 0.2) is 0 Å². The lowest BCUT2D eigenvalue weighted by atomic mass is 10.4. The van der Waals surface area contributed by atoms with Gasteiger partial charge in [-0.15, -0.1) is 0 Å². The van der Waals surface area contributed by atoms with E-state index >= 15 is 0 Å². The molecule has 0 aromatic rings. The van der Waals surface area contributed by atoms with Crippen LogP contribution in [0.4, 0.5) is 0 Å². The van der Waals surface area contributed by atoms with E-state index in [9.17, 15) is 4.79 Å². The van der Waals surface area contributed by atoms with Gasteiger partial charge in [0.05, 0.1) is 0 Å². The van der Waals surface area contributed by atoms with Gasteiger partial charge in [0.1, 0.15) is 5.78 Å².